The van der Waals surface area contributed by atoms with E-state index >= 15 is 0 Å². The summed E-state index contributed by atoms with van der Waals surface area (Å²) in [5.41, 5.74) is 5.49. The summed E-state index contributed by atoms with van der Waals surface area (Å²) >= 11 is 0. The lowest BCUT2D eigenvalue weighted by Crippen LogP contribution is -2.41. The summed E-state index contributed by atoms with van der Waals surface area (Å²) < 4.78 is 4.71. The molecule has 0 saturated heterocycles. The first-order valence-corrected chi connectivity index (χ1v) is 3.64. The molecule has 0 aromatic carbocycles. The molecule has 0 bridgehead atoms. The first-order valence-electron chi connectivity index (χ1n) is 3.64. The molecule has 0 aromatic heterocycles. The van der Waals surface area contributed by atoms with Crippen molar-refractivity contribution in [2.24, 2.45) is 5.73 Å². The normalized spacial score (nSPS) is 13.2. The number of rotatable bonds is 4. The van der Waals surface area contributed by atoms with Gasteiger partial charge in [0.25, 0.3) is 0 Å². The maximum Gasteiger partial charge on any atom is 0.324 e. The zero-order chi connectivity index (χ0) is 8.85. The van der Waals surface area contributed by atoms with Crippen LogP contribution in [0.5, 0.6) is 0 Å². The molecule has 0 amide bonds. The summed E-state index contributed by atoms with van der Waals surface area (Å²) in [4.78, 5) is 12.8. The van der Waals surface area contributed by atoms with Crippen LogP contribution in [-0.2, 0) is 9.53 Å². The summed E-state index contributed by atoms with van der Waals surface area (Å²) in [6, 6.07) is -0.523. The van der Waals surface area contributed by atoms with E-state index < -0.39 is 6.04 Å². The summed E-state index contributed by atoms with van der Waals surface area (Å²) in [7, 11) is 3.72. The van der Waals surface area contributed by atoms with E-state index in [2.05, 4.69) is 0 Å². The summed E-state index contributed by atoms with van der Waals surface area (Å²) in [5, 5.41) is 0. The Balaban J connectivity index is 3.64. The van der Waals surface area contributed by atoms with Crippen molar-refractivity contribution in [2.75, 3.05) is 27.2 Å². The van der Waals surface area contributed by atoms with Gasteiger partial charge in [-0.15, -0.1) is 0 Å². The van der Waals surface area contributed by atoms with Crippen molar-refractivity contribution in [3.63, 3.8) is 0 Å². The highest BCUT2D eigenvalue weighted by molar-refractivity contribution is 5.75. The van der Waals surface area contributed by atoms with Crippen molar-refractivity contribution in [3.05, 3.63) is 0 Å². The van der Waals surface area contributed by atoms with E-state index in [0.29, 0.717) is 13.2 Å². The number of ether oxygens (including phenoxy) is 1. The van der Waals surface area contributed by atoms with Gasteiger partial charge in [0.2, 0.25) is 0 Å². The number of hydrogen-bond acceptors (Lipinski definition) is 4. The minimum absolute atomic E-state index is 0.332. The fraction of sp³-hybridized carbons (Fsp3) is 0.857. The van der Waals surface area contributed by atoms with Crippen molar-refractivity contribution in [2.45, 2.75) is 13.0 Å². The zero-order valence-corrected chi connectivity index (χ0v) is 7.33. The van der Waals surface area contributed by atoms with Crippen molar-refractivity contribution >= 4 is 5.97 Å². The number of hydrogen-bond donors (Lipinski definition) is 1. The largest absolute Gasteiger partial charge is 0.465 e. The average molecular weight is 160 g/mol. The summed E-state index contributed by atoms with van der Waals surface area (Å²) in [6.07, 6.45) is 0. The van der Waals surface area contributed by atoms with E-state index in [1.54, 1.807) is 6.92 Å². The quantitative estimate of drug-likeness (QED) is 0.560. The third-order valence-corrected chi connectivity index (χ3v) is 1.15. The molecule has 0 aliphatic heterocycles. The predicted molar refractivity (Wildman–Crippen MR) is 43.2 cm³/mol. The molecule has 0 unspecified atom stereocenters. The molecular formula is C7H16N2O2. The van der Waals surface area contributed by atoms with E-state index in [4.69, 9.17) is 10.5 Å². The van der Waals surface area contributed by atoms with Gasteiger partial charge < -0.3 is 15.4 Å². The van der Waals surface area contributed by atoms with Gasteiger partial charge >= 0.3 is 5.97 Å². The molecule has 1 atom stereocenters. The van der Waals surface area contributed by atoms with Gasteiger partial charge in [0.05, 0.1) is 6.61 Å². The van der Waals surface area contributed by atoms with Gasteiger partial charge in [-0.2, -0.15) is 0 Å². The van der Waals surface area contributed by atoms with Crippen LogP contribution < -0.4 is 5.73 Å². The SMILES string of the molecule is CCOC(=O)[C@@H](N)CN(C)C. The Morgan fingerprint density at radius 3 is 2.55 bits per heavy atom. The number of nitrogens with zero attached hydrogens (tertiary/aromatic N) is 1. The molecule has 66 valence electrons. The lowest BCUT2D eigenvalue weighted by atomic mass is 10.3. The van der Waals surface area contributed by atoms with Crippen LogP contribution in [-0.4, -0.2) is 44.2 Å². The van der Waals surface area contributed by atoms with Crippen LogP contribution >= 0.6 is 0 Å². The van der Waals surface area contributed by atoms with Crippen molar-refractivity contribution in [1.82, 2.24) is 4.90 Å². The Kier molecular flexibility index (Phi) is 4.81. The van der Waals surface area contributed by atoms with E-state index in [1.165, 1.54) is 0 Å². The van der Waals surface area contributed by atoms with Crippen LogP contribution in [0.4, 0.5) is 0 Å². The standard InChI is InChI=1S/C7H16N2O2/c1-4-11-7(10)6(8)5-9(2)3/h6H,4-5,8H2,1-3H3/t6-/m0/s1. The van der Waals surface area contributed by atoms with E-state index in [9.17, 15) is 4.79 Å². The molecule has 0 heterocycles. The highest BCUT2D eigenvalue weighted by atomic mass is 16.5. The molecule has 0 radical (unpaired) electrons. The average Bonchev–Trinajstić information content (AvgIpc) is 1.86. The molecule has 0 saturated carbocycles. The van der Waals surface area contributed by atoms with Crippen LogP contribution in [0.3, 0.4) is 0 Å². The Hall–Kier alpha value is -0.610. The first-order chi connectivity index (χ1) is 5.07. The molecule has 4 heteroatoms. The Morgan fingerprint density at radius 1 is 1.64 bits per heavy atom. The van der Waals surface area contributed by atoms with Crippen molar-refractivity contribution < 1.29 is 9.53 Å². The molecule has 11 heavy (non-hydrogen) atoms. The fourth-order valence-electron chi connectivity index (χ4n) is 0.717. The molecule has 4 nitrogen and oxygen atoms in total. The van der Waals surface area contributed by atoms with Gasteiger partial charge in [0, 0.05) is 6.54 Å². The molecule has 0 aromatic rings. The second-order valence-corrected chi connectivity index (χ2v) is 2.62. The number of likely N-dealkylation sites (N-methyl/N-ethyl adjacent to an activating group) is 1. The van der Waals surface area contributed by atoms with Gasteiger partial charge in [-0.25, -0.2) is 0 Å². The van der Waals surface area contributed by atoms with Gasteiger partial charge in [-0.05, 0) is 21.0 Å². The van der Waals surface area contributed by atoms with Gasteiger partial charge in [0.15, 0.2) is 0 Å². The van der Waals surface area contributed by atoms with Crippen LogP contribution in [0, 0.1) is 0 Å². The maximum absolute atomic E-state index is 10.9. The third-order valence-electron chi connectivity index (χ3n) is 1.15. The van der Waals surface area contributed by atoms with Crippen LogP contribution in [0.2, 0.25) is 0 Å². The van der Waals surface area contributed by atoms with Crippen LogP contribution in [0.15, 0.2) is 0 Å². The van der Waals surface area contributed by atoms with Gasteiger partial charge in [-0.3, -0.25) is 4.79 Å². The second-order valence-electron chi connectivity index (χ2n) is 2.62. The lowest BCUT2D eigenvalue weighted by molar-refractivity contribution is -0.145. The van der Waals surface area contributed by atoms with E-state index in [0.717, 1.165) is 0 Å². The van der Waals surface area contributed by atoms with Crippen LogP contribution in [0.25, 0.3) is 0 Å². The molecule has 0 aliphatic carbocycles. The van der Waals surface area contributed by atoms with Crippen molar-refractivity contribution in [3.8, 4) is 0 Å². The smallest absolute Gasteiger partial charge is 0.324 e. The Morgan fingerprint density at radius 2 is 2.18 bits per heavy atom. The molecular weight excluding hydrogens is 144 g/mol. The van der Waals surface area contributed by atoms with Crippen molar-refractivity contribution in [1.29, 1.82) is 0 Å². The highest BCUT2D eigenvalue weighted by Crippen LogP contribution is 1.87. The number of esters is 1. The Labute approximate surface area is 67.3 Å². The topological polar surface area (TPSA) is 55.6 Å². The maximum atomic E-state index is 10.9. The predicted octanol–water partition coefficient (Wildman–Crippen LogP) is -0.562. The van der Waals surface area contributed by atoms with Crippen LogP contribution in [0.1, 0.15) is 6.92 Å². The highest BCUT2D eigenvalue weighted by Gasteiger charge is 2.14. The second kappa shape index (κ2) is 5.09. The number of carbonyl (C=O) groups excluding carboxylic acids is 1. The first kappa shape index (κ1) is 10.4. The molecule has 0 fully saturated rings. The minimum Gasteiger partial charge on any atom is -0.465 e. The molecule has 0 spiro atoms. The molecule has 0 rings (SSSR count). The molecule has 2 N–H and O–H groups in total. The monoisotopic (exact) mass is 160 g/mol. The van der Waals surface area contributed by atoms with Gasteiger partial charge in [-0.1, -0.05) is 0 Å². The zero-order valence-electron chi connectivity index (χ0n) is 7.33. The van der Waals surface area contributed by atoms with E-state index in [1.807, 2.05) is 19.0 Å². The minimum atomic E-state index is -0.523. The number of nitrogens with two attached hydrogens (primary N) is 1. The number of carbonyl (C=O) groups is 1. The lowest BCUT2D eigenvalue weighted by Gasteiger charge is -2.14. The summed E-state index contributed by atoms with van der Waals surface area (Å²) in [6.45, 7) is 2.68. The fourth-order valence-corrected chi connectivity index (χ4v) is 0.717. The summed E-state index contributed by atoms with van der Waals surface area (Å²) in [5.74, 6) is -0.332. The Bertz CT molecular complexity index is 126. The van der Waals surface area contributed by atoms with Gasteiger partial charge in [0.1, 0.15) is 6.04 Å². The third kappa shape index (κ3) is 4.75. The van der Waals surface area contributed by atoms with E-state index in [-0.39, 0.29) is 5.97 Å². The molecule has 0 aliphatic rings.